The van der Waals surface area contributed by atoms with Crippen LogP contribution in [0.4, 0.5) is 5.13 Å². The average Bonchev–Trinajstić information content (AvgIpc) is 3.02. The number of carbonyl (C=O) groups is 1. The molecule has 3 rings (SSSR count). The molecule has 2 heterocycles. The van der Waals surface area contributed by atoms with Crippen LogP contribution in [0.15, 0.2) is 24.3 Å². The van der Waals surface area contributed by atoms with Crippen LogP contribution >= 0.6 is 11.3 Å². The number of aromatic nitrogens is 1. The molecule has 1 aromatic carbocycles. The number of benzene rings is 1. The molecule has 7 nitrogen and oxygen atoms in total. The fourth-order valence-electron chi connectivity index (χ4n) is 2.87. The fourth-order valence-corrected chi connectivity index (χ4v) is 5.24. The van der Waals surface area contributed by atoms with Crippen LogP contribution in [0.25, 0.3) is 0 Å². The van der Waals surface area contributed by atoms with Crippen molar-refractivity contribution >= 4 is 32.4 Å². The molecule has 0 fully saturated rings. The topological polar surface area (TPSA) is 88.6 Å². The molecule has 146 valence electrons. The lowest BCUT2D eigenvalue weighted by Crippen LogP contribution is -2.39. The molecule has 0 saturated carbocycles. The van der Waals surface area contributed by atoms with Crippen LogP contribution in [0.1, 0.15) is 30.0 Å². The lowest BCUT2D eigenvalue weighted by atomic mass is 10.1. The third-order valence-electron chi connectivity index (χ3n) is 4.40. The van der Waals surface area contributed by atoms with Crippen molar-refractivity contribution < 1.29 is 17.9 Å². The summed E-state index contributed by atoms with van der Waals surface area (Å²) in [7, 11) is -1.71. The second-order valence-electron chi connectivity index (χ2n) is 6.64. The number of sulfonamides is 1. The predicted molar refractivity (Wildman–Crippen MR) is 106 cm³/mol. The molecule has 0 bridgehead atoms. The van der Waals surface area contributed by atoms with Crippen molar-refractivity contribution in [3.63, 3.8) is 0 Å². The first-order valence-corrected chi connectivity index (χ1v) is 11.0. The van der Waals surface area contributed by atoms with Gasteiger partial charge in [-0.1, -0.05) is 12.1 Å². The molecule has 1 N–H and O–H groups in total. The van der Waals surface area contributed by atoms with Gasteiger partial charge in [0.05, 0.1) is 24.5 Å². The normalized spacial score (nSPS) is 14.8. The number of amides is 1. The van der Waals surface area contributed by atoms with Crippen molar-refractivity contribution in [2.75, 3.05) is 19.0 Å². The Morgan fingerprint density at radius 3 is 2.89 bits per heavy atom. The van der Waals surface area contributed by atoms with Gasteiger partial charge in [-0.25, -0.2) is 13.4 Å². The van der Waals surface area contributed by atoms with E-state index in [0.29, 0.717) is 30.4 Å². The lowest BCUT2D eigenvalue weighted by Gasteiger charge is -2.26. The standard InChI is InChI=1S/C18H23N3O4S2/c1-12(2)27(23,24)21-8-7-15-16(11-21)26-18(19-15)20-17(22)10-13-5-4-6-14(9-13)25-3/h4-6,9,12H,7-8,10-11H2,1-3H3,(H,19,20,22). The smallest absolute Gasteiger partial charge is 0.230 e. The number of fused-ring (bicyclic) bond motifs is 1. The van der Waals surface area contributed by atoms with Gasteiger partial charge in [-0.3, -0.25) is 4.79 Å². The molecule has 0 unspecified atom stereocenters. The Labute approximate surface area is 163 Å². The summed E-state index contributed by atoms with van der Waals surface area (Å²) in [4.78, 5) is 17.7. The highest BCUT2D eigenvalue weighted by atomic mass is 32.2. The van der Waals surface area contributed by atoms with Gasteiger partial charge in [-0.05, 0) is 31.5 Å². The minimum absolute atomic E-state index is 0.166. The van der Waals surface area contributed by atoms with E-state index in [4.69, 9.17) is 4.74 Å². The molecule has 27 heavy (non-hydrogen) atoms. The highest BCUT2D eigenvalue weighted by Gasteiger charge is 2.31. The van der Waals surface area contributed by atoms with Crippen molar-refractivity contribution in [1.29, 1.82) is 0 Å². The number of hydrogen-bond acceptors (Lipinski definition) is 6. The van der Waals surface area contributed by atoms with E-state index in [0.717, 1.165) is 16.1 Å². The summed E-state index contributed by atoms with van der Waals surface area (Å²) >= 11 is 1.34. The first kappa shape index (κ1) is 19.8. The quantitative estimate of drug-likeness (QED) is 0.792. The largest absolute Gasteiger partial charge is 0.497 e. The maximum atomic E-state index is 12.4. The van der Waals surface area contributed by atoms with Gasteiger partial charge >= 0.3 is 0 Å². The highest BCUT2D eigenvalue weighted by Crippen LogP contribution is 2.30. The number of nitrogens with one attached hydrogen (secondary N) is 1. The Bertz CT molecular complexity index is 938. The number of nitrogens with zero attached hydrogens (tertiary/aromatic N) is 2. The lowest BCUT2D eigenvalue weighted by molar-refractivity contribution is -0.115. The molecule has 1 aliphatic rings. The first-order chi connectivity index (χ1) is 12.8. The number of hydrogen-bond donors (Lipinski definition) is 1. The van der Waals surface area contributed by atoms with E-state index >= 15 is 0 Å². The van der Waals surface area contributed by atoms with Crippen LogP contribution in [0.3, 0.4) is 0 Å². The molecular weight excluding hydrogens is 386 g/mol. The number of methoxy groups -OCH3 is 1. The van der Waals surface area contributed by atoms with Gasteiger partial charge in [0.2, 0.25) is 15.9 Å². The van der Waals surface area contributed by atoms with E-state index in [1.807, 2.05) is 24.3 Å². The van der Waals surface area contributed by atoms with Gasteiger partial charge in [0.15, 0.2) is 5.13 Å². The third kappa shape index (κ3) is 4.48. The number of ether oxygens (including phenoxy) is 1. The van der Waals surface area contributed by atoms with Crippen LogP contribution in [-0.4, -0.2) is 42.5 Å². The summed E-state index contributed by atoms with van der Waals surface area (Å²) in [5.74, 6) is 0.539. The zero-order valence-corrected chi connectivity index (χ0v) is 17.2. The number of carbonyl (C=O) groups excluding carboxylic acids is 1. The van der Waals surface area contributed by atoms with Crippen molar-refractivity contribution in [3.05, 3.63) is 40.4 Å². The summed E-state index contributed by atoms with van der Waals surface area (Å²) in [6.07, 6.45) is 0.777. The minimum atomic E-state index is -3.29. The summed E-state index contributed by atoms with van der Waals surface area (Å²) < 4.78 is 31.4. The van der Waals surface area contributed by atoms with Crippen LogP contribution in [0.5, 0.6) is 5.75 Å². The fraction of sp³-hybridized carbons (Fsp3) is 0.444. The van der Waals surface area contributed by atoms with Crippen LogP contribution in [0.2, 0.25) is 0 Å². The monoisotopic (exact) mass is 409 g/mol. The van der Waals surface area contributed by atoms with E-state index in [1.54, 1.807) is 21.0 Å². The van der Waals surface area contributed by atoms with Crippen molar-refractivity contribution in [2.45, 2.75) is 38.5 Å². The Balaban J connectivity index is 1.66. The molecular formula is C18H23N3O4S2. The molecule has 0 spiro atoms. The van der Waals surface area contributed by atoms with Crippen LogP contribution in [-0.2, 0) is 34.2 Å². The third-order valence-corrected chi connectivity index (χ3v) is 7.62. The zero-order valence-electron chi connectivity index (χ0n) is 15.6. The molecule has 1 amide bonds. The summed E-state index contributed by atoms with van der Waals surface area (Å²) in [6, 6.07) is 7.35. The van der Waals surface area contributed by atoms with Gasteiger partial charge in [0, 0.05) is 24.4 Å². The van der Waals surface area contributed by atoms with Gasteiger partial charge in [-0.2, -0.15) is 4.31 Å². The maximum Gasteiger partial charge on any atom is 0.230 e. The predicted octanol–water partition coefficient (Wildman–Crippen LogP) is 2.43. The summed E-state index contributed by atoms with van der Waals surface area (Å²) in [6.45, 7) is 4.11. The Kier molecular flexibility index (Phi) is 5.83. The SMILES string of the molecule is COc1cccc(CC(=O)Nc2nc3c(s2)CN(S(=O)(=O)C(C)C)CC3)c1. The number of thiazole rings is 1. The van der Waals surface area contributed by atoms with E-state index in [1.165, 1.54) is 15.6 Å². The number of rotatable bonds is 6. The van der Waals surface area contributed by atoms with Gasteiger partial charge < -0.3 is 10.1 Å². The van der Waals surface area contributed by atoms with Crippen LogP contribution < -0.4 is 10.1 Å². The van der Waals surface area contributed by atoms with E-state index in [2.05, 4.69) is 10.3 Å². The van der Waals surface area contributed by atoms with E-state index < -0.39 is 15.3 Å². The first-order valence-electron chi connectivity index (χ1n) is 8.70. The van der Waals surface area contributed by atoms with Gasteiger partial charge in [0.25, 0.3) is 0 Å². The average molecular weight is 410 g/mol. The molecule has 0 radical (unpaired) electrons. The zero-order chi connectivity index (χ0) is 19.6. The molecule has 0 aliphatic carbocycles. The molecule has 1 aliphatic heterocycles. The molecule has 0 saturated heterocycles. The molecule has 0 atom stereocenters. The second-order valence-corrected chi connectivity index (χ2v) is 10.2. The molecule has 2 aromatic rings. The van der Waals surface area contributed by atoms with Crippen molar-refractivity contribution in [2.24, 2.45) is 0 Å². The Morgan fingerprint density at radius 1 is 1.41 bits per heavy atom. The maximum absolute atomic E-state index is 12.4. The van der Waals surface area contributed by atoms with Crippen LogP contribution in [0, 0.1) is 0 Å². The number of anilines is 1. The Morgan fingerprint density at radius 2 is 2.19 bits per heavy atom. The molecule has 9 heteroatoms. The second kappa shape index (κ2) is 7.95. The van der Waals surface area contributed by atoms with Crippen molar-refractivity contribution in [1.82, 2.24) is 9.29 Å². The van der Waals surface area contributed by atoms with Gasteiger partial charge in [-0.15, -0.1) is 11.3 Å². The Hall–Kier alpha value is -1.97. The van der Waals surface area contributed by atoms with Crippen molar-refractivity contribution in [3.8, 4) is 5.75 Å². The van der Waals surface area contributed by atoms with E-state index in [9.17, 15) is 13.2 Å². The highest BCUT2D eigenvalue weighted by molar-refractivity contribution is 7.89. The summed E-state index contributed by atoms with van der Waals surface area (Å²) in [5.41, 5.74) is 1.72. The minimum Gasteiger partial charge on any atom is -0.497 e. The molecule has 1 aromatic heterocycles. The van der Waals surface area contributed by atoms with Gasteiger partial charge in [0.1, 0.15) is 5.75 Å². The van der Waals surface area contributed by atoms with E-state index in [-0.39, 0.29) is 12.3 Å². The summed E-state index contributed by atoms with van der Waals surface area (Å²) in [5, 5.41) is 2.88.